The van der Waals surface area contributed by atoms with Crippen molar-refractivity contribution in [3.63, 3.8) is 0 Å². The van der Waals surface area contributed by atoms with E-state index in [1.807, 2.05) is 24.3 Å². The van der Waals surface area contributed by atoms with Gasteiger partial charge in [-0.1, -0.05) is 39.4 Å². The van der Waals surface area contributed by atoms with Crippen LogP contribution in [0.4, 0.5) is 0 Å². The van der Waals surface area contributed by atoms with Gasteiger partial charge in [0.2, 0.25) is 11.8 Å². The van der Waals surface area contributed by atoms with Crippen molar-refractivity contribution < 1.29 is 29.3 Å². The monoisotopic (exact) mass is 547 g/mol. The molecule has 35 heavy (non-hydrogen) atoms. The summed E-state index contributed by atoms with van der Waals surface area (Å²) < 4.78 is 7.86. The Morgan fingerprint density at radius 1 is 1.37 bits per heavy atom. The second kappa shape index (κ2) is 8.99. The molecule has 2 aromatic rings. The molecule has 12 heteroatoms. The molecule has 0 radical (unpaired) electrons. The SMILES string of the molecule is C=CCN(Cn1nnc2ccccc21)C(=O)[C@H]1N(CCCO)C(=O)[C@@H]2[C@@H](C(=O)O)[C@@H]3O[C@@]21CC3Br. The highest BCUT2D eigenvalue weighted by Crippen LogP contribution is 2.60. The lowest BCUT2D eigenvalue weighted by Crippen LogP contribution is -2.57. The minimum Gasteiger partial charge on any atom is -0.481 e. The normalized spacial score (nSPS) is 31.2. The van der Waals surface area contributed by atoms with Gasteiger partial charge in [-0.25, -0.2) is 4.68 Å². The quantitative estimate of drug-likeness (QED) is 0.344. The van der Waals surface area contributed by atoms with Gasteiger partial charge in [0.25, 0.3) is 0 Å². The van der Waals surface area contributed by atoms with Crippen molar-refractivity contribution in [3.8, 4) is 0 Å². The zero-order valence-electron chi connectivity index (χ0n) is 18.9. The second-order valence-electron chi connectivity index (χ2n) is 9.18. The number of aliphatic carboxylic acids is 1. The van der Waals surface area contributed by atoms with Crippen LogP contribution in [0.15, 0.2) is 36.9 Å². The van der Waals surface area contributed by atoms with Gasteiger partial charge < -0.3 is 24.7 Å². The number of carbonyl (C=O) groups excluding carboxylic acids is 2. The summed E-state index contributed by atoms with van der Waals surface area (Å²) in [4.78, 5) is 42.5. The maximum absolute atomic E-state index is 14.1. The smallest absolute Gasteiger partial charge is 0.310 e. The molecule has 3 fully saturated rings. The molecule has 186 valence electrons. The number of aliphatic hydroxyl groups excluding tert-OH is 1. The summed E-state index contributed by atoms with van der Waals surface area (Å²) in [6.07, 6.45) is 1.47. The standard InChI is InChI=1S/C23H26BrN5O6/c1-2-8-27(12-29-15-7-4-3-6-14(15)25-26-29)21(32)19-23-11-13(24)18(35-23)16(22(33)34)17(23)20(31)28(19)9-5-10-30/h2-4,6-7,13,16-19,30H,1,5,8-12H2,(H,33,34)/t13?,16-,17+,18-,19-,23+/m1/s1. The van der Waals surface area contributed by atoms with Gasteiger partial charge in [-0.3, -0.25) is 14.4 Å². The first-order chi connectivity index (χ1) is 16.8. The van der Waals surface area contributed by atoms with E-state index in [9.17, 15) is 24.6 Å². The first-order valence-electron chi connectivity index (χ1n) is 11.5. The summed E-state index contributed by atoms with van der Waals surface area (Å²) >= 11 is 3.53. The molecule has 0 aliphatic carbocycles. The molecule has 6 atom stereocenters. The molecule has 11 nitrogen and oxygen atoms in total. The Morgan fingerprint density at radius 2 is 2.14 bits per heavy atom. The zero-order chi connectivity index (χ0) is 24.9. The van der Waals surface area contributed by atoms with E-state index < -0.39 is 41.5 Å². The number of fused-ring (bicyclic) bond motifs is 2. The predicted octanol–water partition coefficient (Wildman–Crippen LogP) is 0.618. The van der Waals surface area contributed by atoms with E-state index in [-0.39, 0.29) is 43.5 Å². The molecule has 1 aromatic heterocycles. The largest absolute Gasteiger partial charge is 0.481 e. The van der Waals surface area contributed by atoms with Crippen molar-refractivity contribution in [3.05, 3.63) is 36.9 Å². The lowest BCUT2D eigenvalue weighted by atomic mass is 9.70. The van der Waals surface area contributed by atoms with E-state index in [0.29, 0.717) is 11.9 Å². The van der Waals surface area contributed by atoms with Crippen molar-refractivity contribution in [2.24, 2.45) is 11.8 Å². The second-order valence-corrected chi connectivity index (χ2v) is 10.4. The van der Waals surface area contributed by atoms with Crippen LogP contribution in [0, 0.1) is 11.8 Å². The summed E-state index contributed by atoms with van der Waals surface area (Å²) in [7, 11) is 0. The lowest BCUT2D eigenvalue weighted by Gasteiger charge is -2.36. The molecule has 4 heterocycles. The van der Waals surface area contributed by atoms with Gasteiger partial charge in [0.1, 0.15) is 23.8 Å². The third-order valence-corrected chi connectivity index (χ3v) is 8.10. The van der Waals surface area contributed by atoms with E-state index in [2.05, 4.69) is 32.8 Å². The van der Waals surface area contributed by atoms with E-state index in [1.165, 1.54) is 9.80 Å². The number of likely N-dealkylation sites (tertiary alicyclic amines) is 1. The zero-order valence-corrected chi connectivity index (χ0v) is 20.5. The number of aromatic nitrogens is 3. The number of carboxylic acid groups (broad SMARTS) is 1. The van der Waals surface area contributed by atoms with Crippen LogP contribution in [0.5, 0.6) is 0 Å². The van der Waals surface area contributed by atoms with Crippen molar-refractivity contribution in [1.82, 2.24) is 24.8 Å². The number of carboxylic acids is 1. The van der Waals surface area contributed by atoms with Gasteiger partial charge in [0, 0.05) is 24.5 Å². The Morgan fingerprint density at radius 3 is 2.86 bits per heavy atom. The summed E-state index contributed by atoms with van der Waals surface area (Å²) in [6.45, 7) is 3.96. The topological polar surface area (TPSA) is 138 Å². The maximum Gasteiger partial charge on any atom is 0.310 e. The number of benzene rings is 1. The molecule has 2 bridgehead atoms. The Balaban J connectivity index is 1.53. The number of amides is 2. The number of hydrogen-bond acceptors (Lipinski definition) is 7. The number of halogens is 1. The van der Waals surface area contributed by atoms with E-state index in [4.69, 9.17) is 4.74 Å². The van der Waals surface area contributed by atoms with Crippen molar-refractivity contribution in [2.45, 2.75) is 42.1 Å². The third kappa shape index (κ3) is 3.57. The van der Waals surface area contributed by atoms with Crippen LogP contribution in [0.3, 0.4) is 0 Å². The fourth-order valence-corrected chi connectivity index (χ4v) is 6.85. The molecule has 3 aliphatic rings. The van der Waals surface area contributed by atoms with Crippen LogP contribution in [0.2, 0.25) is 0 Å². The highest BCUT2D eigenvalue weighted by molar-refractivity contribution is 9.09. The molecule has 2 amide bonds. The Kier molecular flexibility index (Phi) is 6.14. The minimum atomic E-state index is -1.27. The first kappa shape index (κ1) is 23.9. The molecule has 1 unspecified atom stereocenters. The van der Waals surface area contributed by atoms with Crippen LogP contribution in [0.1, 0.15) is 12.8 Å². The van der Waals surface area contributed by atoms with Crippen molar-refractivity contribution in [2.75, 3.05) is 19.7 Å². The van der Waals surface area contributed by atoms with Crippen LogP contribution >= 0.6 is 15.9 Å². The van der Waals surface area contributed by atoms with Gasteiger partial charge in [-0.2, -0.15) is 0 Å². The molecule has 1 aromatic carbocycles. The number of carbonyl (C=O) groups is 3. The van der Waals surface area contributed by atoms with Crippen molar-refractivity contribution >= 4 is 44.7 Å². The minimum absolute atomic E-state index is 0.0637. The number of hydrogen-bond donors (Lipinski definition) is 2. The molecular weight excluding hydrogens is 522 g/mol. The van der Waals surface area contributed by atoms with Crippen LogP contribution < -0.4 is 0 Å². The molecule has 1 spiro atoms. The highest BCUT2D eigenvalue weighted by Gasteiger charge is 2.76. The van der Waals surface area contributed by atoms with E-state index >= 15 is 0 Å². The Hall–Kier alpha value is -2.83. The van der Waals surface area contributed by atoms with Gasteiger partial charge in [0.15, 0.2) is 0 Å². The number of alkyl halides is 1. The predicted molar refractivity (Wildman–Crippen MR) is 126 cm³/mol. The van der Waals surface area contributed by atoms with Crippen LogP contribution in [-0.4, -0.2) is 95.1 Å². The number of para-hydroxylation sites is 1. The maximum atomic E-state index is 14.1. The molecule has 5 rings (SSSR count). The summed E-state index contributed by atoms with van der Waals surface area (Å²) in [5.74, 6) is -3.95. The van der Waals surface area contributed by atoms with Gasteiger partial charge >= 0.3 is 5.97 Å². The van der Waals surface area contributed by atoms with Crippen LogP contribution in [0.25, 0.3) is 11.0 Å². The van der Waals surface area contributed by atoms with Gasteiger partial charge in [-0.15, -0.1) is 11.7 Å². The lowest BCUT2D eigenvalue weighted by molar-refractivity contribution is -0.151. The molecule has 3 aliphatic heterocycles. The Bertz CT molecular complexity index is 1190. The summed E-state index contributed by atoms with van der Waals surface area (Å²) in [5, 5.41) is 27.7. The first-order valence-corrected chi connectivity index (χ1v) is 12.4. The summed E-state index contributed by atoms with van der Waals surface area (Å²) in [5.41, 5.74) is 0.159. The van der Waals surface area contributed by atoms with Crippen LogP contribution in [-0.2, 0) is 25.8 Å². The highest BCUT2D eigenvalue weighted by atomic mass is 79.9. The molecule has 0 saturated carbocycles. The average Bonchev–Trinajstić information content (AvgIpc) is 3.54. The molecule has 2 N–H and O–H groups in total. The van der Waals surface area contributed by atoms with Crippen molar-refractivity contribution in [1.29, 1.82) is 0 Å². The fraction of sp³-hybridized carbons (Fsp3) is 0.522. The third-order valence-electron chi connectivity index (χ3n) is 7.25. The van der Waals surface area contributed by atoms with Gasteiger partial charge in [-0.05, 0) is 25.0 Å². The number of ether oxygens (including phenoxy) is 1. The average molecular weight is 548 g/mol. The number of nitrogens with zero attached hydrogens (tertiary/aromatic N) is 5. The van der Waals surface area contributed by atoms with E-state index in [1.54, 1.807) is 10.8 Å². The summed E-state index contributed by atoms with van der Waals surface area (Å²) in [6, 6.07) is 6.34. The number of rotatable bonds is 9. The van der Waals surface area contributed by atoms with Gasteiger partial charge in [0.05, 0.1) is 23.5 Å². The number of aliphatic hydroxyl groups is 1. The Labute approximate surface area is 209 Å². The molecular formula is C23H26BrN5O6. The fourth-order valence-electron chi connectivity index (χ4n) is 5.90. The molecule has 3 saturated heterocycles. The van der Waals surface area contributed by atoms with E-state index in [0.717, 1.165) is 5.52 Å².